The molecule has 2 aromatic rings. The summed E-state index contributed by atoms with van der Waals surface area (Å²) >= 11 is 0. The standard InChI is InChI=1S/C17H21NO5/c1-17(2,16(20)21)8-9-18-15(19)14-12(10-22-3)11-6-4-5-7-13(11)23-14/h4-7H,8-10H2,1-3H3,(H,18,19)(H,20,21). The lowest BCUT2D eigenvalue weighted by Gasteiger charge is -2.18. The maximum Gasteiger partial charge on any atom is 0.309 e. The molecule has 2 rings (SSSR count). The lowest BCUT2D eigenvalue weighted by molar-refractivity contribution is -0.147. The van der Waals surface area contributed by atoms with Gasteiger partial charge in [0.15, 0.2) is 5.76 Å². The Morgan fingerprint density at radius 2 is 2.00 bits per heavy atom. The quantitative estimate of drug-likeness (QED) is 0.819. The van der Waals surface area contributed by atoms with Crippen LogP contribution in [0.25, 0.3) is 11.0 Å². The smallest absolute Gasteiger partial charge is 0.309 e. The highest BCUT2D eigenvalue weighted by molar-refractivity contribution is 5.99. The first kappa shape index (κ1) is 17.0. The van der Waals surface area contributed by atoms with Crippen molar-refractivity contribution < 1.29 is 23.8 Å². The number of aliphatic carboxylic acids is 1. The number of amides is 1. The third kappa shape index (κ3) is 3.71. The second-order valence-corrected chi connectivity index (χ2v) is 6.03. The molecule has 1 amide bonds. The second kappa shape index (κ2) is 6.83. The fraction of sp³-hybridized carbons (Fsp3) is 0.412. The van der Waals surface area contributed by atoms with Crippen LogP contribution < -0.4 is 5.32 Å². The van der Waals surface area contributed by atoms with E-state index in [1.807, 2.05) is 18.2 Å². The van der Waals surface area contributed by atoms with Crippen molar-refractivity contribution in [3.63, 3.8) is 0 Å². The van der Waals surface area contributed by atoms with Gasteiger partial charge in [-0.3, -0.25) is 9.59 Å². The molecule has 6 nitrogen and oxygen atoms in total. The predicted octanol–water partition coefficient (Wildman–Crippen LogP) is 2.81. The number of carbonyl (C=O) groups is 2. The Labute approximate surface area is 134 Å². The van der Waals surface area contributed by atoms with Crippen LogP contribution in [0.4, 0.5) is 0 Å². The van der Waals surface area contributed by atoms with E-state index in [2.05, 4.69) is 5.32 Å². The first-order valence-electron chi connectivity index (χ1n) is 7.38. The summed E-state index contributed by atoms with van der Waals surface area (Å²) in [6, 6.07) is 7.36. The van der Waals surface area contributed by atoms with Crippen LogP contribution in [0.15, 0.2) is 28.7 Å². The Balaban J connectivity index is 2.14. The predicted molar refractivity (Wildman–Crippen MR) is 85.3 cm³/mol. The van der Waals surface area contributed by atoms with Gasteiger partial charge >= 0.3 is 5.97 Å². The summed E-state index contributed by atoms with van der Waals surface area (Å²) in [4.78, 5) is 23.4. The van der Waals surface area contributed by atoms with E-state index in [0.29, 0.717) is 17.6 Å². The van der Waals surface area contributed by atoms with Gasteiger partial charge in [0.1, 0.15) is 5.58 Å². The van der Waals surface area contributed by atoms with Crippen molar-refractivity contribution in [2.45, 2.75) is 26.9 Å². The van der Waals surface area contributed by atoms with Crippen LogP contribution in [0.5, 0.6) is 0 Å². The van der Waals surface area contributed by atoms with Crippen molar-refractivity contribution in [1.82, 2.24) is 5.32 Å². The number of carbonyl (C=O) groups excluding carboxylic acids is 1. The Hall–Kier alpha value is -2.34. The number of para-hydroxylation sites is 1. The number of hydrogen-bond acceptors (Lipinski definition) is 4. The van der Waals surface area contributed by atoms with Gasteiger partial charge < -0.3 is 19.6 Å². The van der Waals surface area contributed by atoms with Gasteiger partial charge in [-0.05, 0) is 26.3 Å². The fourth-order valence-corrected chi connectivity index (χ4v) is 2.25. The van der Waals surface area contributed by atoms with Crippen LogP contribution in [0.3, 0.4) is 0 Å². The van der Waals surface area contributed by atoms with Gasteiger partial charge in [0, 0.05) is 24.6 Å². The number of methoxy groups -OCH3 is 1. The molecule has 0 radical (unpaired) electrons. The molecule has 0 spiro atoms. The van der Waals surface area contributed by atoms with Crippen molar-refractivity contribution in [2.75, 3.05) is 13.7 Å². The van der Waals surface area contributed by atoms with E-state index in [1.165, 1.54) is 0 Å². The third-order valence-electron chi connectivity index (χ3n) is 3.81. The Morgan fingerprint density at radius 1 is 1.30 bits per heavy atom. The summed E-state index contributed by atoms with van der Waals surface area (Å²) < 4.78 is 10.8. The summed E-state index contributed by atoms with van der Waals surface area (Å²) in [6.07, 6.45) is 0.327. The molecule has 0 saturated carbocycles. The number of rotatable bonds is 7. The van der Waals surface area contributed by atoms with Gasteiger partial charge in [-0.1, -0.05) is 18.2 Å². The van der Waals surface area contributed by atoms with Crippen LogP contribution in [0.2, 0.25) is 0 Å². The maximum atomic E-state index is 12.4. The summed E-state index contributed by atoms with van der Waals surface area (Å²) in [7, 11) is 1.55. The first-order chi connectivity index (χ1) is 10.9. The van der Waals surface area contributed by atoms with Gasteiger partial charge in [-0.15, -0.1) is 0 Å². The number of hydrogen-bond donors (Lipinski definition) is 2. The minimum atomic E-state index is -0.893. The molecule has 0 atom stereocenters. The summed E-state index contributed by atoms with van der Waals surface area (Å²) in [5, 5.41) is 12.6. The highest BCUT2D eigenvalue weighted by atomic mass is 16.5. The molecule has 0 aliphatic heterocycles. The molecule has 124 valence electrons. The highest BCUT2D eigenvalue weighted by Gasteiger charge is 2.27. The molecule has 0 aliphatic carbocycles. The average molecular weight is 319 g/mol. The Morgan fingerprint density at radius 3 is 2.65 bits per heavy atom. The molecule has 0 unspecified atom stereocenters. The molecular formula is C17H21NO5. The zero-order valence-corrected chi connectivity index (χ0v) is 13.5. The third-order valence-corrected chi connectivity index (χ3v) is 3.81. The lowest BCUT2D eigenvalue weighted by Crippen LogP contribution is -2.32. The van der Waals surface area contributed by atoms with E-state index in [4.69, 9.17) is 14.3 Å². The minimum absolute atomic E-state index is 0.209. The Bertz CT molecular complexity index is 717. The molecule has 0 fully saturated rings. The number of ether oxygens (including phenoxy) is 1. The zero-order chi connectivity index (χ0) is 17.0. The van der Waals surface area contributed by atoms with Gasteiger partial charge in [0.05, 0.1) is 12.0 Å². The number of fused-ring (bicyclic) bond motifs is 1. The molecule has 0 saturated heterocycles. The molecule has 1 aromatic carbocycles. The zero-order valence-electron chi connectivity index (χ0n) is 13.5. The van der Waals surface area contributed by atoms with Crippen LogP contribution >= 0.6 is 0 Å². The van der Waals surface area contributed by atoms with Crippen molar-refractivity contribution >= 4 is 22.8 Å². The number of carboxylic acids is 1. The second-order valence-electron chi connectivity index (χ2n) is 6.03. The topological polar surface area (TPSA) is 88.8 Å². The van der Waals surface area contributed by atoms with Crippen LogP contribution in [-0.4, -0.2) is 30.6 Å². The molecule has 0 bridgehead atoms. The summed E-state index contributed by atoms with van der Waals surface area (Å²) in [5.41, 5.74) is 0.421. The van der Waals surface area contributed by atoms with Crippen LogP contribution in [-0.2, 0) is 16.1 Å². The van der Waals surface area contributed by atoms with E-state index < -0.39 is 11.4 Å². The number of furan rings is 1. The fourth-order valence-electron chi connectivity index (χ4n) is 2.25. The van der Waals surface area contributed by atoms with E-state index in [1.54, 1.807) is 27.0 Å². The molecule has 1 heterocycles. The van der Waals surface area contributed by atoms with E-state index in [0.717, 1.165) is 5.39 Å². The summed E-state index contributed by atoms with van der Waals surface area (Å²) in [6.45, 7) is 3.76. The van der Waals surface area contributed by atoms with E-state index in [9.17, 15) is 9.59 Å². The molecule has 23 heavy (non-hydrogen) atoms. The molecule has 1 aromatic heterocycles. The minimum Gasteiger partial charge on any atom is -0.481 e. The van der Waals surface area contributed by atoms with Gasteiger partial charge in [0.2, 0.25) is 0 Å². The van der Waals surface area contributed by atoms with Crippen LogP contribution in [0.1, 0.15) is 36.4 Å². The molecule has 6 heteroatoms. The van der Waals surface area contributed by atoms with Crippen molar-refractivity contribution in [3.05, 3.63) is 35.6 Å². The van der Waals surface area contributed by atoms with Gasteiger partial charge in [-0.25, -0.2) is 0 Å². The largest absolute Gasteiger partial charge is 0.481 e. The highest BCUT2D eigenvalue weighted by Crippen LogP contribution is 2.26. The normalized spacial score (nSPS) is 11.6. The monoisotopic (exact) mass is 319 g/mol. The molecular weight excluding hydrogens is 298 g/mol. The Kier molecular flexibility index (Phi) is 5.05. The van der Waals surface area contributed by atoms with E-state index >= 15 is 0 Å². The molecule has 0 aliphatic rings. The van der Waals surface area contributed by atoms with E-state index in [-0.39, 0.29) is 24.8 Å². The van der Waals surface area contributed by atoms with Crippen molar-refractivity contribution in [2.24, 2.45) is 5.41 Å². The molecule has 2 N–H and O–H groups in total. The number of benzene rings is 1. The first-order valence-corrected chi connectivity index (χ1v) is 7.38. The lowest BCUT2D eigenvalue weighted by atomic mass is 9.90. The number of nitrogens with one attached hydrogen (secondary N) is 1. The maximum absolute atomic E-state index is 12.4. The SMILES string of the molecule is COCc1c(C(=O)NCCC(C)(C)C(=O)O)oc2ccccc12. The van der Waals surface area contributed by atoms with Crippen LogP contribution in [0, 0.1) is 5.41 Å². The number of carboxylic acid groups (broad SMARTS) is 1. The average Bonchev–Trinajstić information content (AvgIpc) is 2.86. The van der Waals surface area contributed by atoms with Crippen molar-refractivity contribution in [3.8, 4) is 0 Å². The summed E-state index contributed by atoms with van der Waals surface area (Å²) in [5.74, 6) is -1.05. The van der Waals surface area contributed by atoms with Crippen molar-refractivity contribution in [1.29, 1.82) is 0 Å². The van der Waals surface area contributed by atoms with Gasteiger partial charge in [0.25, 0.3) is 5.91 Å². The van der Waals surface area contributed by atoms with Gasteiger partial charge in [-0.2, -0.15) is 0 Å².